The highest BCUT2D eigenvalue weighted by Crippen LogP contribution is 2.07. The number of aromatic carboxylic acids is 1. The highest BCUT2D eigenvalue weighted by atomic mass is 32.3. The summed E-state index contributed by atoms with van der Waals surface area (Å²) in [6.07, 6.45) is 0. The summed E-state index contributed by atoms with van der Waals surface area (Å²) >= 11 is 0. The highest BCUT2D eigenvalue weighted by molar-refractivity contribution is 7.81. The molecule has 94 valence electrons. The van der Waals surface area contributed by atoms with Crippen LogP contribution in [0.4, 0.5) is 0 Å². The molecule has 0 bridgehead atoms. The Bertz CT molecular complexity index is 537. The molecular weight excluding hydrogens is 271 g/mol. The van der Waals surface area contributed by atoms with Crippen LogP contribution in [0.1, 0.15) is 20.7 Å². The summed E-state index contributed by atoms with van der Waals surface area (Å²) in [5, 5.41) is 10.4. The molecule has 1 N–H and O–H groups in total. The van der Waals surface area contributed by atoms with E-state index >= 15 is 0 Å². The topological polar surface area (TPSA) is 121 Å². The average molecular weight is 280 g/mol. The number of carbonyl (C=O) groups is 2. The largest absolute Gasteiger partial charge is 0.545 e. The fourth-order valence-corrected chi connectivity index (χ4v) is 1.20. The van der Waals surface area contributed by atoms with E-state index in [1.165, 1.54) is 6.07 Å². The van der Waals surface area contributed by atoms with Gasteiger partial charge in [0.25, 0.3) is 0 Å². The van der Waals surface area contributed by atoms with Gasteiger partial charge < -0.3 is 14.1 Å². The maximum Gasteiger partial charge on any atom is 0.449 e. The van der Waals surface area contributed by atoms with Crippen molar-refractivity contribution in [3.05, 3.63) is 35.4 Å². The first-order valence-corrected chi connectivity index (χ1v) is 5.19. The number of hydrogen-bond acceptors (Lipinski definition) is 6. The lowest BCUT2D eigenvalue weighted by Gasteiger charge is -2.04. The number of carboxylic acids is 1. The van der Waals surface area contributed by atoms with Crippen molar-refractivity contribution in [1.82, 2.24) is 0 Å². The summed E-state index contributed by atoms with van der Waals surface area (Å²) in [6, 6.07) is 4.34. The van der Waals surface area contributed by atoms with E-state index in [0.29, 0.717) is 0 Å². The van der Waals surface area contributed by atoms with Gasteiger partial charge in [-0.1, -0.05) is 12.1 Å². The predicted octanol–water partition coefficient (Wildman–Crippen LogP) is -1.20. The molecule has 9 heteroatoms. The van der Waals surface area contributed by atoms with Crippen LogP contribution in [0.15, 0.2) is 24.3 Å². The van der Waals surface area contributed by atoms with Crippen LogP contribution in [-0.4, -0.2) is 24.9 Å². The Morgan fingerprint density at radius 2 is 1.76 bits per heavy atom. The Morgan fingerprint density at radius 3 is 2.24 bits per heavy atom. The van der Waals surface area contributed by atoms with Crippen LogP contribution in [-0.2, 0) is 14.6 Å². The van der Waals surface area contributed by atoms with Gasteiger partial charge in [0.05, 0.1) is 11.5 Å². The SMILES string of the molecule is O=C([O-])c1cccc(C(=O)OS(=O)(=O)O)c1.[PH4+]. The van der Waals surface area contributed by atoms with Gasteiger partial charge in [-0.25, -0.2) is 4.79 Å². The monoisotopic (exact) mass is 280 g/mol. The molecule has 1 rings (SSSR count). The highest BCUT2D eigenvalue weighted by Gasteiger charge is 2.15. The zero-order chi connectivity index (χ0) is 12.3. The van der Waals surface area contributed by atoms with Crippen LogP contribution in [0.3, 0.4) is 0 Å². The molecule has 0 amide bonds. The average Bonchev–Trinajstić information content (AvgIpc) is 2.15. The van der Waals surface area contributed by atoms with E-state index < -0.39 is 22.3 Å². The van der Waals surface area contributed by atoms with Crippen molar-refractivity contribution >= 4 is 32.2 Å². The van der Waals surface area contributed by atoms with Gasteiger partial charge in [-0.05, 0) is 27.6 Å². The van der Waals surface area contributed by atoms with Gasteiger partial charge in [-0.3, -0.25) is 4.55 Å². The maximum atomic E-state index is 11.1. The number of benzene rings is 1. The Balaban J connectivity index is 0.00000256. The fourth-order valence-electron chi connectivity index (χ4n) is 0.917. The molecule has 0 radical (unpaired) electrons. The molecular formula is C8H9O7PS. The normalized spacial score (nSPS) is 10.2. The number of hydrogen-bond donors (Lipinski definition) is 1. The molecule has 0 saturated heterocycles. The minimum Gasteiger partial charge on any atom is -0.545 e. The van der Waals surface area contributed by atoms with Gasteiger partial charge in [0.2, 0.25) is 0 Å². The molecule has 0 spiro atoms. The first-order chi connectivity index (χ1) is 7.29. The third kappa shape index (κ3) is 4.90. The standard InChI is InChI=1S/C8H6O7S.H3P/c9-7(10)5-2-1-3-6(4-5)8(11)15-16(12,13)14;/h1-4H,(H,9,10)(H,12,13,14);1H3. The van der Waals surface area contributed by atoms with E-state index in [1.807, 2.05) is 0 Å². The zero-order valence-corrected chi connectivity index (χ0v) is 11.4. The van der Waals surface area contributed by atoms with E-state index in [4.69, 9.17) is 4.55 Å². The van der Waals surface area contributed by atoms with E-state index in [0.717, 1.165) is 18.2 Å². The van der Waals surface area contributed by atoms with Crippen molar-refractivity contribution in [1.29, 1.82) is 0 Å². The second-order valence-corrected chi connectivity index (χ2v) is 3.69. The Kier molecular flexibility index (Phi) is 5.21. The van der Waals surface area contributed by atoms with Gasteiger partial charge in [0.1, 0.15) is 0 Å². The van der Waals surface area contributed by atoms with Crippen LogP contribution < -0.4 is 5.11 Å². The van der Waals surface area contributed by atoms with Crippen LogP contribution >= 0.6 is 9.90 Å². The zero-order valence-electron chi connectivity index (χ0n) is 8.61. The third-order valence-corrected chi connectivity index (χ3v) is 1.88. The molecule has 0 aliphatic heterocycles. The van der Waals surface area contributed by atoms with Gasteiger partial charge in [0.15, 0.2) is 0 Å². The molecule has 1 atom stereocenters. The lowest BCUT2D eigenvalue weighted by molar-refractivity contribution is -0.255. The molecule has 0 saturated carbocycles. The summed E-state index contributed by atoms with van der Waals surface area (Å²) in [4.78, 5) is 21.5. The molecule has 7 nitrogen and oxygen atoms in total. The first-order valence-electron chi connectivity index (χ1n) is 3.82. The summed E-state index contributed by atoms with van der Waals surface area (Å²) in [5.74, 6) is -2.91. The molecule has 17 heavy (non-hydrogen) atoms. The van der Waals surface area contributed by atoms with Crippen molar-refractivity contribution in [3.8, 4) is 0 Å². The van der Waals surface area contributed by atoms with Crippen molar-refractivity contribution in [3.63, 3.8) is 0 Å². The van der Waals surface area contributed by atoms with Crippen molar-refractivity contribution in [2.45, 2.75) is 0 Å². The summed E-state index contributed by atoms with van der Waals surface area (Å²) in [7, 11) is -4.92. The third-order valence-electron chi connectivity index (χ3n) is 1.51. The van der Waals surface area contributed by atoms with Gasteiger partial charge in [-0.2, -0.15) is 8.42 Å². The predicted molar refractivity (Wildman–Crippen MR) is 60.2 cm³/mol. The van der Waals surface area contributed by atoms with Crippen LogP contribution in [0.5, 0.6) is 0 Å². The second-order valence-electron chi connectivity index (χ2n) is 2.67. The number of carbonyl (C=O) groups excluding carboxylic acids is 2. The van der Waals surface area contributed by atoms with E-state index in [-0.39, 0.29) is 21.0 Å². The van der Waals surface area contributed by atoms with Crippen molar-refractivity contribution in [2.75, 3.05) is 0 Å². The Labute approximate surface area is 100.0 Å². The Morgan fingerprint density at radius 1 is 1.24 bits per heavy atom. The maximum absolute atomic E-state index is 11.1. The van der Waals surface area contributed by atoms with Crippen molar-refractivity contribution in [2.24, 2.45) is 0 Å². The van der Waals surface area contributed by atoms with Crippen LogP contribution in [0, 0.1) is 0 Å². The first kappa shape index (κ1) is 15.5. The molecule has 0 aromatic heterocycles. The molecule has 0 aliphatic rings. The summed E-state index contributed by atoms with van der Waals surface area (Å²) in [5.41, 5.74) is -0.649. The van der Waals surface area contributed by atoms with Gasteiger partial charge in [-0.15, -0.1) is 0 Å². The quantitative estimate of drug-likeness (QED) is 0.545. The number of carboxylic acid groups (broad SMARTS) is 1. The molecule has 1 aromatic rings. The van der Waals surface area contributed by atoms with Crippen LogP contribution in [0.25, 0.3) is 0 Å². The minimum absolute atomic E-state index is 0. The number of rotatable bonds is 3. The lowest BCUT2D eigenvalue weighted by Crippen LogP contribution is -2.22. The van der Waals surface area contributed by atoms with Gasteiger partial charge in [0, 0.05) is 0 Å². The smallest absolute Gasteiger partial charge is 0.449 e. The Hall–Kier alpha value is -1.50. The van der Waals surface area contributed by atoms with E-state index in [9.17, 15) is 23.1 Å². The summed E-state index contributed by atoms with van der Waals surface area (Å²) in [6.45, 7) is 0. The van der Waals surface area contributed by atoms with E-state index in [1.54, 1.807) is 0 Å². The van der Waals surface area contributed by atoms with Crippen molar-refractivity contribution < 1.29 is 31.8 Å². The molecule has 0 aliphatic carbocycles. The molecule has 0 fully saturated rings. The molecule has 1 unspecified atom stereocenters. The fraction of sp³-hybridized carbons (Fsp3) is 0. The second kappa shape index (κ2) is 5.72. The van der Waals surface area contributed by atoms with Crippen LogP contribution in [0.2, 0.25) is 0 Å². The minimum atomic E-state index is -4.92. The molecule has 1 aromatic carbocycles. The summed E-state index contributed by atoms with van der Waals surface area (Å²) < 4.78 is 32.3. The van der Waals surface area contributed by atoms with Gasteiger partial charge >= 0.3 is 16.4 Å². The lowest BCUT2D eigenvalue weighted by atomic mass is 10.1. The molecule has 0 heterocycles. The van der Waals surface area contributed by atoms with E-state index in [2.05, 4.69) is 4.18 Å².